The summed E-state index contributed by atoms with van der Waals surface area (Å²) in [5, 5.41) is 9.42. The highest BCUT2D eigenvalue weighted by atomic mass is 32.1. The number of thiophene rings is 1. The molecule has 0 fully saturated rings. The highest BCUT2D eigenvalue weighted by Crippen LogP contribution is 2.25. The Balaban J connectivity index is 2.03. The van der Waals surface area contributed by atoms with Crippen molar-refractivity contribution in [3.63, 3.8) is 0 Å². The van der Waals surface area contributed by atoms with Crippen LogP contribution in [-0.2, 0) is 12.8 Å². The zero-order valence-electron chi connectivity index (χ0n) is 8.81. The highest BCUT2D eigenvalue weighted by molar-refractivity contribution is 7.16. The second-order valence-electron chi connectivity index (χ2n) is 3.59. The van der Waals surface area contributed by atoms with Gasteiger partial charge in [-0.05, 0) is 24.5 Å². The average Bonchev–Trinajstić information content (AvgIpc) is 2.69. The van der Waals surface area contributed by atoms with Gasteiger partial charge in [-0.3, -0.25) is 0 Å². The predicted octanol–water partition coefficient (Wildman–Crippen LogP) is 2.99. The molecule has 2 N–H and O–H groups in total. The van der Waals surface area contributed by atoms with E-state index >= 15 is 0 Å². The normalized spacial score (nSPS) is 9.94. The van der Waals surface area contributed by atoms with Crippen LogP contribution < -0.4 is 5.73 Å². The van der Waals surface area contributed by atoms with E-state index in [9.17, 15) is 0 Å². The summed E-state index contributed by atoms with van der Waals surface area (Å²) in [4.78, 5) is 1.18. The van der Waals surface area contributed by atoms with Gasteiger partial charge in [0.1, 0.15) is 11.1 Å². The molecule has 0 radical (unpaired) electrons. The zero-order valence-corrected chi connectivity index (χ0v) is 9.63. The van der Waals surface area contributed by atoms with Crippen LogP contribution in [0.25, 0.3) is 0 Å². The van der Waals surface area contributed by atoms with Gasteiger partial charge >= 0.3 is 0 Å². The van der Waals surface area contributed by atoms with Crippen molar-refractivity contribution in [3.05, 3.63) is 52.4 Å². The molecule has 80 valence electrons. The fourth-order valence-electron chi connectivity index (χ4n) is 1.58. The Hall–Kier alpha value is -1.79. The summed E-state index contributed by atoms with van der Waals surface area (Å²) in [6.45, 7) is 0. The van der Waals surface area contributed by atoms with E-state index in [1.54, 1.807) is 0 Å². The maximum absolute atomic E-state index is 8.79. The first-order chi connectivity index (χ1) is 7.79. The minimum Gasteiger partial charge on any atom is -0.389 e. The Labute approximate surface area is 99.0 Å². The van der Waals surface area contributed by atoms with Crippen molar-refractivity contribution < 1.29 is 0 Å². The molecule has 0 saturated carbocycles. The SMILES string of the molecule is N#Cc1cc(CCc2ccccc2)sc1N. The van der Waals surface area contributed by atoms with E-state index in [0.717, 1.165) is 12.8 Å². The van der Waals surface area contributed by atoms with Crippen molar-refractivity contribution in [3.8, 4) is 6.07 Å². The van der Waals surface area contributed by atoms with Gasteiger partial charge in [0, 0.05) is 4.88 Å². The van der Waals surface area contributed by atoms with Crippen LogP contribution in [0, 0.1) is 11.3 Å². The Morgan fingerprint density at radius 1 is 1.19 bits per heavy atom. The van der Waals surface area contributed by atoms with E-state index in [1.807, 2.05) is 24.3 Å². The van der Waals surface area contributed by atoms with E-state index in [0.29, 0.717) is 10.6 Å². The van der Waals surface area contributed by atoms with Gasteiger partial charge in [-0.2, -0.15) is 5.26 Å². The topological polar surface area (TPSA) is 49.8 Å². The van der Waals surface area contributed by atoms with Gasteiger partial charge in [0.25, 0.3) is 0 Å². The van der Waals surface area contributed by atoms with Crippen LogP contribution in [0.1, 0.15) is 16.0 Å². The van der Waals surface area contributed by atoms with Gasteiger partial charge in [-0.25, -0.2) is 0 Å². The van der Waals surface area contributed by atoms with Gasteiger partial charge in [0.15, 0.2) is 0 Å². The van der Waals surface area contributed by atoms with Crippen molar-refractivity contribution in [1.29, 1.82) is 5.26 Å². The number of hydrogen-bond donors (Lipinski definition) is 1. The van der Waals surface area contributed by atoms with Gasteiger partial charge in [0.05, 0.1) is 5.56 Å². The fourth-order valence-corrected chi connectivity index (χ4v) is 2.46. The average molecular weight is 228 g/mol. The van der Waals surface area contributed by atoms with Crippen LogP contribution >= 0.6 is 11.3 Å². The number of nitrogens with two attached hydrogens (primary N) is 1. The summed E-state index contributed by atoms with van der Waals surface area (Å²) >= 11 is 1.51. The number of aryl methyl sites for hydroxylation is 2. The van der Waals surface area contributed by atoms with E-state index in [2.05, 4.69) is 18.2 Å². The van der Waals surface area contributed by atoms with Crippen LogP contribution in [0.4, 0.5) is 5.00 Å². The lowest BCUT2D eigenvalue weighted by Crippen LogP contribution is -1.87. The lowest BCUT2D eigenvalue weighted by atomic mass is 10.1. The third kappa shape index (κ3) is 2.41. The maximum atomic E-state index is 8.79. The molecule has 0 aliphatic rings. The van der Waals surface area contributed by atoms with Crippen LogP contribution in [0.3, 0.4) is 0 Å². The van der Waals surface area contributed by atoms with Gasteiger partial charge in [0.2, 0.25) is 0 Å². The summed E-state index contributed by atoms with van der Waals surface area (Å²) in [7, 11) is 0. The Kier molecular flexibility index (Phi) is 3.23. The molecule has 2 rings (SSSR count). The number of hydrogen-bond acceptors (Lipinski definition) is 3. The highest BCUT2D eigenvalue weighted by Gasteiger charge is 2.05. The molecule has 1 aromatic carbocycles. The molecule has 0 saturated heterocycles. The van der Waals surface area contributed by atoms with Crippen molar-refractivity contribution >= 4 is 16.3 Å². The zero-order chi connectivity index (χ0) is 11.4. The largest absolute Gasteiger partial charge is 0.389 e. The molecule has 0 bridgehead atoms. The van der Waals surface area contributed by atoms with E-state index < -0.39 is 0 Å². The summed E-state index contributed by atoms with van der Waals surface area (Å²) in [6.07, 6.45) is 1.94. The molecule has 0 aliphatic heterocycles. The molecule has 3 heteroatoms. The number of nitriles is 1. The van der Waals surface area contributed by atoms with E-state index in [1.165, 1.54) is 21.8 Å². The standard InChI is InChI=1S/C13H12N2S/c14-9-11-8-12(16-13(11)15)7-6-10-4-2-1-3-5-10/h1-5,8H,6-7,15H2. The summed E-state index contributed by atoms with van der Waals surface area (Å²) in [6, 6.07) is 14.3. The van der Waals surface area contributed by atoms with Crippen molar-refractivity contribution in [2.45, 2.75) is 12.8 Å². The smallest absolute Gasteiger partial charge is 0.104 e. The lowest BCUT2D eigenvalue weighted by molar-refractivity contribution is 0.981. The molecule has 0 unspecified atom stereocenters. The molecule has 0 atom stereocenters. The van der Waals surface area contributed by atoms with Crippen LogP contribution in [0.2, 0.25) is 0 Å². The van der Waals surface area contributed by atoms with Crippen LogP contribution in [-0.4, -0.2) is 0 Å². The molecule has 2 nitrogen and oxygen atoms in total. The second kappa shape index (κ2) is 4.82. The Bertz CT molecular complexity index is 508. The molecule has 0 spiro atoms. The fraction of sp³-hybridized carbons (Fsp3) is 0.154. The van der Waals surface area contributed by atoms with E-state index in [4.69, 9.17) is 11.0 Å². The summed E-state index contributed by atoms with van der Waals surface area (Å²) in [5.41, 5.74) is 7.63. The number of nitrogen functional groups attached to an aromatic ring is 1. The molecule has 0 aliphatic carbocycles. The first-order valence-electron chi connectivity index (χ1n) is 5.12. The quantitative estimate of drug-likeness (QED) is 0.878. The molecule has 2 aromatic rings. The van der Waals surface area contributed by atoms with Gasteiger partial charge < -0.3 is 5.73 Å². The Morgan fingerprint density at radius 2 is 1.94 bits per heavy atom. The second-order valence-corrected chi connectivity index (χ2v) is 4.76. The minimum atomic E-state index is 0.605. The van der Waals surface area contributed by atoms with Gasteiger partial charge in [-0.15, -0.1) is 11.3 Å². The molecular formula is C13H12N2S. The van der Waals surface area contributed by atoms with Crippen molar-refractivity contribution in [1.82, 2.24) is 0 Å². The number of nitrogens with zero attached hydrogens (tertiary/aromatic N) is 1. The Morgan fingerprint density at radius 3 is 2.56 bits per heavy atom. The molecule has 1 heterocycles. The van der Waals surface area contributed by atoms with E-state index in [-0.39, 0.29) is 0 Å². The minimum absolute atomic E-state index is 0.605. The third-order valence-electron chi connectivity index (χ3n) is 2.44. The third-order valence-corrected chi connectivity index (χ3v) is 3.46. The van der Waals surface area contributed by atoms with Crippen molar-refractivity contribution in [2.75, 3.05) is 5.73 Å². The van der Waals surface area contributed by atoms with Gasteiger partial charge in [-0.1, -0.05) is 30.3 Å². The maximum Gasteiger partial charge on any atom is 0.104 e. The lowest BCUT2D eigenvalue weighted by Gasteiger charge is -1.98. The monoisotopic (exact) mass is 228 g/mol. The number of anilines is 1. The first kappa shape index (κ1) is 10.7. The molecule has 16 heavy (non-hydrogen) atoms. The molecule has 0 amide bonds. The first-order valence-corrected chi connectivity index (χ1v) is 5.93. The van der Waals surface area contributed by atoms with Crippen molar-refractivity contribution in [2.24, 2.45) is 0 Å². The molecule has 1 aromatic heterocycles. The number of benzene rings is 1. The summed E-state index contributed by atoms with van der Waals surface area (Å²) < 4.78 is 0. The summed E-state index contributed by atoms with van der Waals surface area (Å²) in [5.74, 6) is 0. The van der Waals surface area contributed by atoms with Crippen LogP contribution in [0.5, 0.6) is 0 Å². The van der Waals surface area contributed by atoms with Crippen LogP contribution in [0.15, 0.2) is 36.4 Å². The predicted molar refractivity (Wildman–Crippen MR) is 67.3 cm³/mol. The number of rotatable bonds is 3. The molecular weight excluding hydrogens is 216 g/mol.